The van der Waals surface area contributed by atoms with Crippen molar-refractivity contribution in [2.45, 2.75) is 58.8 Å². The number of hydrogen-bond donors (Lipinski definition) is 1. The fourth-order valence-electron chi connectivity index (χ4n) is 5.41. The minimum atomic E-state index is -3.05. The standard InChI is InChI=1S/C32H30ClF4N7O3/c1-15(16-8-22(34)29(39-9-16)43-12-17-7-20(17)31(43)46)44-13-18(10-40-44)41-30(45)27-24(14-47-32(2,3)4)38-11-23(42-27)25-19(28(36)37)5-6-21(33)26(25)35/h5-6,8-11,13,15,17,20,28H,7,12,14H2,1-4H3,(H,41,45)/t15?,17-,20-/m1/s1. The predicted octanol–water partition coefficient (Wildman–Crippen LogP) is 6.76. The summed E-state index contributed by atoms with van der Waals surface area (Å²) in [6, 6.07) is 2.79. The van der Waals surface area contributed by atoms with Gasteiger partial charge in [0.1, 0.15) is 0 Å². The Morgan fingerprint density at radius 2 is 1.94 bits per heavy atom. The highest BCUT2D eigenvalue weighted by molar-refractivity contribution is 6.31. The number of hydrogen-bond acceptors (Lipinski definition) is 7. The molecule has 246 valence electrons. The molecule has 15 heteroatoms. The molecule has 1 saturated carbocycles. The number of aromatic nitrogens is 5. The predicted molar refractivity (Wildman–Crippen MR) is 164 cm³/mol. The topological polar surface area (TPSA) is 115 Å². The van der Waals surface area contributed by atoms with Crippen LogP contribution in [0, 0.1) is 23.5 Å². The van der Waals surface area contributed by atoms with Crippen molar-refractivity contribution in [3.05, 3.63) is 82.2 Å². The van der Waals surface area contributed by atoms with Crippen molar-refractivity contribution in [2.75, 3.05) is 16.8 Å². The molecule has 6 rings (SSSR count). The van der Waals surface area contributed by atoms with Crippen LogP contribution in [0.2, 0.25) is 5.02 Å². The Labute approximate surface area is 272 Å². The first-order valence-corrected chi connectivity index (χ1v) is 15.2. The summed E-state index contributed by atoms with van der Waals surface area (Å²) >= 11 is 5.89. The Kier molecular flexibility index (Phi) is 8.51. The summed E-state index contributed by atoms with van der Waals surface area (Å²) in [7, 11) is 0. The van der Waals surface area contributed by atoms with E-state index in [9.17, 15) is 18.4 Å². The van der Waals surface area contributed by atoms with Crippen molar-refractivity contribution >= 4 is 34.9 Å². The number of halogens is 5. The van der Waals surface area contributed by atoms with Gasteiger partial charge in [0.15, 0.2) is 23.1 Å². The quantitative estimate of drug-likeness (QED) is 0.196. The van der Waals surface area contributed by atoms with E-state index in [0.717, 1.165) is 24.8 Å². The third-order valence-electron chi connectivity index (χ3n) is 8.08. The van der Waals surface area contributed by atoms with Crippen LogP contribution >= 0.6 is 11.6 Å². The van der Waals surface area contributed by atoms with Crippen LogP contribution in [0.4, 0.5) is 29.1 Å². The molecule has 3 aromatic heterocycles. The molecule has 1 saturated heterocycles. The maximum atomic E-state index is 15.1. The number of benzene rings is 1. The monoisotopic (exact) mass is 671 g/mol. The molecule has 0 radical (unpaired) electrons. The van der Waals surface area contributed by atoms with Crippen molar-refractivity contribution in [3.63, 3.8) is 0 Å². The molecule has 1 aliphatic carbocycles. The number of rotatable bonds is 9. The number of piperidine rings is 1. The number of nitrogens with one attached hydrogen (secondary N) is 1. The van der Waals surface area contributed by atoms with E-state index in [-0.39, 0.29) is 52.9 Å². The number of alkyl halides is 2. The molecule has 2 fully saturated rings. The van der Waals surface area contributed by atoms with Crippen LogP contribution in [0.25, 0.3) is 11.3 Å². The zero-order chi connectivity index (χ0) is 33.8. The van der Waals surface area contributed by atoms with Crippen LogP contribution in [0.3, 0.4) is 0 Å². The van der Waals surface area contributed by atoms with Crippen molar-refractivity contribution in [1.82, 2.24) is 24.7 Å². The van der Waals surface area contributed by atoms with E-state index >= 15 is 8.78 Å². The van der Waals surface area contributed by atoms with E-state index in [2.05, 4.69) is 25.4 Å². The van der Waals surface area contributed by atoms with E-state index in [0.29, 0.717) is 12.1 Å². The van der Waals surface area contributed by atoms with Crippen LogP contribution in [-0.2, 0) is 16.1 Å². The lowest BCUT2D eigenvalue weighted by molar-refractivity contribution is -0.118. The fraction of sp³-hybridized carbons (Fsp3) is 0.375. The van der Waals surface area contributed by atoms with Gasteiger partial charge in [0.05, 0.1) is 52.7 Å². The van der Waals surface area contributed by atoms with Gasteiger partial charge in [0.25, 0.3) is 12.3 Å². The average Bonchev–Trinajstić information content (AvgIpc) is 3.52. The molecule has 1 N–H and O–H groups in total. The molecule has 2 amide bonds. The second kappa shape index (κ2) is 12.3. The van der Waals surface area contributed by atoms with Gasteiger partial charge in [0.2, 0.25) is 5.91 Å². The summed E-state index contributed by atoms with van der Waals surface area (Å²) < 4.78 is 65.0. The number of nitrogens with zero attached hydrogens (tertiary/aromatic N) is 6. The molecule has 1 aliphatic heterocycles. The maximum absolute atomic E-state index is 15.1. The Bertz CT molecular complexity index is 1880. The van der Waals surface area contributed by atoms with Gasteiger partial charge in [-0.25, -0.2) is 27.5 Å². The second-order valence-electron chi connectivity index (χ2n) is 12.5. The van der Waals surface area contributed by atoms with Crippen LogP contribution < -0.4 is 10.2 Å². The lowest BCUT2D eigenvalue weighted by Crippen LogP contribution is -2.29. The number of amides is 2. The number of fused-ring (bicyclic) bond motifs is 1. The van der Waals surface area contributed by atoms with Crippen molar-refractivity contribution in [1.29, 1.82) is 0 Å². The molecule has 4 heterocycles. The van der Waals surface area contributed by atoms with Gasteiger partial charge in [-0.15, -0.1) is 0 Å². The van der Waals surface area contributed by atoms with Crippen LogP contribution in [-0.4, -0.2) is 48.7 Å². The van der Waals surface area contributed by atoms with Crippen molar-refractivity contribution < 1.29 is 31.9 Å². The third-order valence-corrected chi connectivity index (χ3v) is 8.38. The number of pyridine rings is 1. The summed E-state index contributed by atoms with van der Waals surface area (Å²) in [6.45, 7) is 7.44. The van der Waals surface area contributed by atoms with Gasteiger partial charge in [-0.3, -0.25) is 24.2 Å². The zero-order valence-corrected chi connectivity index (χ0v) is 26.5. The molecule has 10 nitrogen and oxygen atoms in total. The van der Waals surface area contributed by atoms with E-state index in [1.54, 1.807) is 27.7 Å². The van der Waals surface area contributed by atoms with Crippen molar-refractivity contribution in [2.24, 2.45) is 11.8 Å². The van der Waals surface area contributed by atoms with Crippen LogP contribution in [0.15, 0.2) is 43.0 Å². The van der Waals surface area contributed by atoms with Gasteiger partial charge < -0.3 is 10.1 Å². The van der Waals surface area contributed by atoms with Crippen LogP contribution in [0.1, 0.15) is 73.9 Å². The molecule has 4 aromatic rings. The highest BCUT2D eigenvalue weighted by atomic mass is 35.5. The number of carbonyl (C=O) groups is 2. The number of anilines is 2. The molecule has 3 atom stereocenters. The summed E-state index contributed by atoms with van der Waals surface area (Å²) in [5.41, 5.74) is -1.68. The lowest BCUT2D eigenvalue weighted by atomic mass is 10.0. The highest BCUT2D eigenvalue weighted by Crippen LogP contribution is 2.47. The van der Waals surface area contributed by atoms with Crippen LogP contribution in [0.5, 0.6) is 0 Å². The van der Waals surface area contributed by atoms with E-state index in [4.69, 9.17) is 16.3 Å². The largest absolute Gasteiger partial charge is 0.369 e. The molecular formula is C32H30ClF4N7O3. The molecule has 0 bridgehead atoms. The highest BCUT2D eigenvalue weighted by Gasteiger charge is 2.53. The first-order valence-electron chi connectivity index (χ1n) is 14.8. The zero-order valence-electron chi connectivity index (χ0n) is 25.8. The Morgan fingerprint density at radius 1 is 1.17 bits per heavy atom. The molecular weight excluding hydrogens is 642 g/mol. The molecule has 2 aliphatic rings. The van der Waals surface area contributed by atoms with Gasteiger partial charge in [-0.05, 0) is 57.7 Å². The van der Waals surface area contributed by atoms with E-state index < -0.39 is 51.8 Å². The SMILES string of the molecule is CC(c1cnc(N2C[C@H]3C[C@H]3C2=O)c(F)c1)n1cc(NC(=O)c2nc(-c3c(C(F)F)ccc(Cl)c3F)cnc2COC(C)(C)C)cn1. The Hall–Kier alpha value is -4.43. The minimum Gasteiger partial charge on any atom is -0.369 e. The molecule has 0 spiro atoms. The first-order chi connectivity index (χ1) is 22.2. The smallest absolute Gasteiger partial charge is 0.276 e. The van der Waals surface area contributed by atoms with Gasteiger partial charge in [0, 0.05) is 36.0 Å². The normalized spacial score (nSPS) is 18.1. The molecule has 1 aromatic carbocycles. The first kappa shape index (κ1) is 32.5. The van der Waals surface area contributed by atoms with Gasteiger partial charge in [-0.1, -0.05) is 17.7 Å². The minimum absolute atomic E-state index is 0.000484. The fourth-order valence-corrected chi connectivity index (χ4v) is 5.57. The Morgan fingerprint density at radius 3 is 2.60 bits per heavy atom. The second-order valence-corrected chi connectivity index (χ2v) is 12.9. The Balaban J connectivity index is 1.25. The number of ether oxygens (including phenoxy) is 1. The van der Waals surface area contributed by atoms with Crippen molar-refractivity contribution in [3.8, 4) is 11.3 Å². The molecule has 1 unspecified atom stereocenters. The maximum Gasteiger partial charge on any atom is 0.276 e. The summed E-state index contributed by atoms with van der Waals surface area (Å²) in [5, 5.41) is 6.54. The third kappa shape index (κ3) is 6.57. The summed E-state index contributed by atoms with van der Waals surface area (Å²) in [5.74, 6) is -2.41. The lowest BCUT2D eigenvalue weighted by Gasteiger charge is -2.20. The molecule has 47 heavy (non-hydrogen) atoms. The van der Waals surface area contributed by atoms with E-state index in [1.165, 1.54) is 34.2 Å². The van der Waals surface area contributed by atoms with Gasteiger partial charge in [-0.2, -0.15) is 5.10 Å². The van der Waals surface area contributed by atoms with E-state index in [1.807, 2.05) is 0 Å². The average molecular weight is 672 g/mol. The number of carbonyl (C=O) groups excluding carboxylic acids is 2. The summed E-state index contributed by atoms with van der Waals surface area (Å²) in [4.78, 5) is 40.0. The van der Waals surface area contributed by atoms with Gasteiger partial charge >= 0.3 is 0 Å². The summed E-state index contributed by atoms with van der Waals surface area (Å²) in [6.07, 6.45) is 3.20.